The van der Waals surface area contributed by atoms with Gasteiger partial charge < -0.3 is 24.7 Å². The van der Waals surface area contributed by atoms with Gasteiger partial charge in [0.05, 0.1) is 6.26 Å². The monoisotopic (exact) mass is 475 g/mol. The molecule has 9 heteroatoms. The lowest BCUT2D eigenvalue weighted by molar-refractivity contribution is -0.152. The van der Waals surface area contributed by atoms with Crippen LogP contribution < -0.4 is 10.6 Å². The van der Waals surface area contributed by atoms with Crippen molar-refractivity contribution in [1.29, 1.82) is 0 Å². The Morgan fingerprint density at radius 1 is 1.03 bits per heavy atom. The third-order valence-corrected chi connectivity index (χ3v) is 5.60. The topological polar surface area (TPSA) is 118 Å². The van der Waals surface area contributed by atoms with E-state index in [2.05, 4.69) is 10.6 Å². The predicted octanol–water partition coefficient (Wildman–Crippen LogP) is 2.78. The number of fused-ring (bicyclic) bond motifs is 1. The number of ether oxygens (including phenoxy) is 1. The van der Waals surface area contributed by atoms with Crippen molar-refractivity contribution in [2.24, 2.45) is 0 Å². The molecule has 1 aromatic heterocycles. The highest BCUT2D eigenvalue weighted by molar-refractivity contribution is 5.98. The molecule has 180 valence electrons. The van der Waals surface area contributed by atoms with Gasteiger partial charge in [0, 0.05) is 30.8 Å². The first-order valence-electron chi connectivity index (χ1n) is 11.2. The minimum absolute atomic E-state index is 0.118. The van der Waals surface area contributed by atoms with Crippen LogP contribution in [-0.4, -0.2) is 47.8 Å². The van der Waals surface area contributed by atoms with Gasteiger partial charge in [0.15, 0.2) is 12.4 Å². The van der Waals surface area contributed by atoms with Gasteiger partial charge in [-0.25, -0.2) is 4.79 Å². The number of nitrogens with zero attached hydrogens (tertiary/aromatic N) is 1. The van der Waals surface area contributed by atoms with E-state index in [-0.39, 0.29) is 24.6 Å². The molecule has 1 unspecified atom stereocenters. The number of carbonyl (C=O) groups is 4. The molecule has 0 radical (unpaired) electrons. The number of nitrogens with one attached hydrogen (secondary N) is 2. The Morgan fingerprint density at radius 2 is 1.83 bits per heavy atom. The zero-order valence-electron chi connectivity index (χ0n) is 19.2. The Hall–Kier alpha value is -4.40. The molecule has 0 spiro atoms. The lowest BCUT2D eigenvalue weighted by atomic mass is 9.93. The second-order valence-corrected chi connectivity index (χ2v) is 8.00. The van der Waals surface area contributed by atoms with Crippen LogP contribution >= 0.6 is 0 Å². The number of hydrogen-bond acceptors (Lipinski definition) is 6. The van der Waals surface area contributed by atoms with Gasteiger partial charge >= 0.3 is 5.97 Å². The summed E-state index contributed by atoms with van der Waals surface area (Å²) in [7, 11) is 0. The van der Waals surface area contributed by atoms with Crippen molar-refractivity contribution in [3.63, 3.8) is 0 Å². The van der Waals surface area contributed by atoms with E-state index in [0.29, 0.717) is 17.8 Å². The van der Waals surface area contributed by atoms with Crippen LogP contribution in [0.15, 0.2) is 71.3 Å². The number of benzene rings is 2. The highest BCUT2D eigenvalue weighted by Gasteiger charge is 2.37. The molecule has 0 bridgehead atoms. The van der Waals surface area contributed by atoms with Crippen molar-refractivity contribution in [3.05, 3.63) is 89.4 Å². The molecule has 4 rings (SSSR count). The van der Waals surface area contributed by atoms with Crippen molar-refractivity contribution < 1.29 is 28.3 Å². The fourth-order valence-corrected chi connectivity index (χ4v) is 3.92. The normalized spacial score (nSPS) is 14.5. The first-order chi connectivity index (χ1) is 17.0. The van der Waals surface area contributed by atoms with Crippen molar-refractivity contribution in [2.75, 3.05) is 18.5 Å². The van der Waals surface area contributed by atoms with E-state index in [1.807, 2.05) is 31.2 Å². The van der Waals surface area contributed by atoms with Gasteiger partial charge in [-0.3, -0.25) is 14.4 Å². The number of rotatable bonds is 7. The molecule has 2 aromatic carbocycles. The van der Waals surface area contributed by atoms with Crippen LogP contribution in [0.2, 0.25) is 0 Å². The summed E-state index contributed by atoms with van der Waals surface area (Å²) >= 11 is 0. The molecule has 0 aliphatic carbocycles. The summed E-state index contributed by atoms with van der Waals surface area (Å²) in [6.07, 6.45) is 1.65. The van der Waals surface area contributed by atoms with Gasteiger partial charge in [-0.2, -0.15) is 0 Å². The lowest BCUT2D eigenvalue weighted by Gasteiger charge is -2.34. The summed E-state index contributed by atoms with van der Waals surface area (Å²) in [5.74, 6) is -1.82. The van der Waals surface area contributed by atoms with Crippen LogP contribution in [-0.2, 0) is 27.3 Å². The zero-order chi connectivity index (χ0) is 24.8. The molecular formula is C26H25N3O6. The number of furan rings is 1. The quantitative estimate of drug-likeness (QED) is 0.508. The van der Waals surface area contributed by atoms with E-state index in [0.717, 1.165) is 11.1 Å². The van der Waals surface area contributed by atoms with Crippen molar-refractivity contribution >= 4 is 29.4 Å². The maximum atomic E-state index is 13.0. The van der Waals surface area contributed by atoms with E-state index in [9.17, 15) is 19.2 Å². The van der Waals surface area contributed by atoms with Gasteiger partial charge in [0.1, 0.15) is 6.04 Å². The number of hydrogen-bond donors (Lipinski definition) is 2. The van der Waals surface area contributed by atoms with E-state index in [1.54, 1.807) is 24.3 Å². The summed E-state index contributed by atoms with van der Waals surface area (Å²) in [6.45, 7) is 1.97. The summed E-state index contributed by atoms with van der Waals surface area (Å²) in [5.41, 5.74) is 2.66. The van der Waals surface area contributed by atoms with Crippen LogP contribution in [0.25, 0.3) is 0 Å². The fourth-order valence-electron chi connectivity index (χ4n) is 3.92. The maximum Gasteiger partial charge on any atom is 0.329 e. The minimum atomic E-state index is -0.906. The van der Waals surface area contributed by atoms with E-state index in [4.69, 9.17) is 9.15 Å². The number of esters is 1. The average molecular weight is 476 g/mol. The molecule has 9 nitrogen and oxygen atoms in total. The lowest BCUT2D eigenvalue weighted by Crippen LogP contribution is -2.49. The van der Waals surface area contributed by atoms with E-state index < -0.39 is 30.4 Å². The number of carbonyl (C=O) groups excluding carboxylic acids is 4. The molecule has 0 saturated heterocycles. The first-order valence-corrected chi connectivity index (χ1v) is 11.2. The maximum absolute atomic E-state index is 13.0. The third-order valence-electron chi connectivity index (χ3n) is 5.60. The van der Waals surface area contributed by atoms with Gasteiger partial charge in [-0.15, -0.1) is 0 Å². The second kappa shape index (κ2) is 10.7. The van der Waals surface area contributed by atoms with Crippen LogP contribution in [0.1, 0.15) is 39.0 Å². The Kier molecular flexibility index (Phi) is 7.25. The number of amides is 3. The summed E-state index contributed by atoms with van der Waals surface area (Å²) < 4.78 is 10.5. The summed E-state index contributed by atoms with van der Waals surface area (Å²) in [5, 5.41) is 5.31. The molecule has 1 atom stereocenters. The molecule has 2 heterocycles. The summed E-state index contributed by atoms with van der Waals surface area (Å²) in [4.78, 5) is 51.8. The van der Waals surface area contributed by atoms with Gasteiger partial charge in [0.2, 0.25) is 0 Å². The second-order valence-electron chi connectivity index (χ2n) is 8.00. The zero-order valence-corrected chi connectivity index (χ0v) is 19.2. The Bertz CT molecular complexity index is 1240. The largest absolute Gasteiger partial charge is 0.459 e. The van der Waals surface area contributed by atoms with Gasteiger partial charge in [0.25, 0.3) is 17.7 Å². The molecule has 3 aromatic rings. The number of anilines is 1. The van der Waals surface area contributed by atoms with Crippen molar-refractivity contribution in [3.8, 4) is 0 Å². The Balaban J connectivity index is 1.42. The third kappa shape index (κ3) is 5.57. The molecule has 35 heavy (non-hydrogen) atoms. The van der Waals surface area contributed by atoms with E-state index >= 15 is 0 Å². The molecule has 1 aliphatic rings. The molecule has 2 N–H and O–H groups in total. The average Bonchev–Trinajstić information content (AvgIpc) is 3.41. The van der Waals surface area contributed by atoms with Crippen LogP contribution in [0.5, 0.6) is 0 Å². The van der Waals surface area contributed by atoms with Crippen LogP contribution in [0, 0.1) is 0 Å². The van der Waals surface area contributed by atoms with Crippen LogP contribution in [0.4, 0.5) is 5.69 Å². The van der Waals surface area contributed by atoms with Crippen molar-refractivity contribution in [2.45, 2.75) is 25.9 Å². The molecule has 0 fully saturated rings. The highest BCUT2D eigenvalue weighted by Crippen LogP contribution is 2.26. The van der Waals surface area contributed by atoms with E-state index in [1.165, 1.54) is 23.3 Å². The highest BCUT2D eigenvalue weighted by atomic mass is 16.5. The Labute approximate surface area is 202 Å². The standard InChI is InChI=1S/C26H25N3O6/c1-2-27-24(31)18-9-5-10-20(13-18)28-23(30)16-35-26(33)21-14-17-7-3-4-8-19(17)15-29(21)25(32)22-11-6-12-34-22/h3-13,21H,2,14-16H2,1H3,(H,27,31)(H,28,30). The van der Waals surface area contributed by atoms with Crippen LogP contribution in [0.3, 0.4) is 0 Å². The van der Waals surface area contributed by atoms with Crippen molar-refractivity contribution in [1.82, 2.24) is 10.2 Å². The Morgan fingerprint density at radius 3 is 2.57 bits per heavy atom. The molecular weight excluding hydrogens is 450 g/mol. The smallest absolute Gasteiger partial charge is 0.329 e. The SMILES string of the molecule is CCNC(=O)c1cccc(NC(=O)COC(=O)C2Cc3ccccc3CN2C(=O)c2ccco2)c1. The minimum Gasteiger partial charge on any atom is -0.459 e. The first kappa shape index (κ1) is 23.7. The van der Waals surface area contributed by atoms with Gasteiger partial charge in [-0.1, -0.05) is 30.3 Å². The van der Waals surface area contributed by atoms with Gasteiger partial charge in [-0.05, 0) is 48.4 Å². The predicted molar refractivity (Wildman–Crippen MR) is 127 cm³/mol. The molecule has 0 saturated carbocycles. The molecule has 3 amide bonds. The summed E-state index contributed by atoms with van der Waals surface area (Å²) in [6, 6.07) is 16.2. The fraction of sp³-hybridized carbons (Fsp3) is 0.231. The molecule has 1 aliphatic heterocycles.